The minimum atomic E-state index is -0.728. The minimum Gasteiger partial charge on any atom is -0.384 e. The Hall–Kier alpha value is -0.620. The third-order valence-electron chi connectivity index (χ3n) is 2.53. The molecule has 0 saturated carbocycles. The quantitative estimate of drug-likeness (QED) is 0.732. The van der Waals surface area contributed by atoms with Crippen LogP contribution in [0.2, 0.25) is 5.02 Å². The normalized spacial score (nSPS) is 13.2. The Morgan fingerprint density at radius 1 is 1.56 bits per heavy atom. The summed E-state index contributed by atoms with van der Waals surface area (Å²) in [7, 11) is 3.98. The number of halogens is 1. The van der Waals surface area contributed by atoms with E-state index in [2.05, 4.69) is 10.00 Å². The van der Waals surface area contributed by atoms with Crippen molar-refractivity contribution in [3.05, 3.63) is 16.9 Å². The van der Waals surface area contributed by atoms with Gasteiger partial charge in [0.2, 0.25) is 0 Å². The van der Waals surface area contributed by atoms with Crippen LogP contribution in [0.25, 0.3) is 0 Å². The van der Waals surface area contributed by atoms with Gasteiger partial charge in [-0.3, -0.25) is 4.68 Å². The van der Waals surface area contributed by atoms with Gasteiger partial charge in [-0.2, -0.15) is 5.10 Å². The standard InChI is InChI=1S/C12H22ClN3O2/c1-4-7-18-9-11(17)12-10(13)8-14-16(12)6-5-15(2)3/h8,11,17H,4-7,9H2,1-3H3. The van der Waals surface area contributed by atoms with E-state index in [0.717, 1.165) is 13.0 Å². The van der Waals surface area contributed by atoms with E-state index in [-0.39, 0.29) is 6.61 Å². The number of aliphatic hydroxyl groups is 1. The molecule has 0 aromatic carbocycles. The molecule has 1 aromatic heterocycles. The van der Waals surface area contributed by atoms with Crippen LogP contribution in [-0.2, 0) is 11.3 Å². The first-order valence-electron chi connectivity index (χ1n) is 6.18. The van der Waals surface area contributed by atoms with Gasteiger partial charge in [0.1, 0.15) is 6.10 Å². The zero-order chi connectivity index (χ0) is 13.5. The van der Waals surface area contributed by atoms with Gasteiger partial charge in [-0.05, 0) is 20.5 Å². The molecule has 1 rings (SSSR count). The van der Waals surface area contributed by atoms with Gasteiger partial charge in [0.05, 0.1) is 30.1 Å². The van der Waals surface area contributed by atoms with E-state index in [4.69, 9.17) is 16.3 Å². The van der Waals surface area contributed by atoms with Gasteiger partial charge in [0, 0.05) is 13.2 Å². The fourth-order valence-corrected chi connectivity index (χ4v) is 1.86. The number of hydrogen-bond donors (Lipinski definition) is 1. The zero-order valence-corrected chi connectivity index (χ0v) is 12.0. The summed E-state index contributed by atoms with van der Waals surface area (Å²) in [6.07, 6.45) is 1.77. The van der Waals surface area contributed by atoms with Crippen LogP contribution in [0, 0.1) is 0 Å². The van der Waals surface area contributed by atoms with Crippen LogP contribution >= 0.6 is 11.6 Å². The van der Waals surface area contributed by atoms with Crippen LogP contribution in [0.15, 0.2) is 6.20 Å². The average molecular weight is 276 g/mol. The molecule has 0 aliphatic rings. The maximum absolute atomic E-state index is 10.1. The Morgan fingerprint density at radius 2 is 2.28 bits per heavy atom. The predicted octanol–water partition coefficient (Wildman–Crippen LogP) is 1.56. The van der Waals surface area contributed by atoms with Crippen LogP contribution in [0.1, 0.15) is 25.1 Å². The lowest BCUT2D eigenvalue weighted by atomic mass is 10.2. The number of aliphatic hydroxyl groups excluding tert-OH is 1. The topological polar surface area (TPSA) is 50.5 Å². The Morgan fingerprint density at radius 3 is 2.89 bits per heavy atom. The second kappa shape index (κ2) is 7.74. The van der Waals surface area contributed by atoms with Crippen molar-refractivity contribution >= 4 is 11.6 Å². The van der Waals surface area contributed by atoms with Crippen LogP contribution < -0.4 is 0 Å². The second-order valence-corrected chi connectivity index (χ2v) is 4.90. The summed E-state index contributed by atoms with van der Waals surface area (Å²) < 4.78 is 7.08. The van der Waals surface area contributed by atoms with E-state index in [9.17, 15) is 5.11 Å². The molecule has 0 amide bonds. The van der Waals surface area contributed by atoms with Gasteiger partial charge in [0.15, 0.2) is 0 Å². The van der Waals surface area contributed by atoms with Gasteiger partial charge in [-0.1, -0.05) is 18.5 Å². The fourth-order valence-electron chi connectivity index (χ4n) is 1.59. The first kappa shape index (κ1) is 15.4. The Bertz CT molecular complexity index is 355. The monoisotopic (exact) mass is 275 g/mol. The molecule has 104 valence electrons. The summed E-state index contributed by atoms with van der Waals surface area (Å²) in [4.78, 5) is 2.05. The summed E-state index contributed by atoms with van der Waals surface area (Å²) in [5.41, 5.74) is 0.634. The summed E-state index contributed by atoms with van der Waals surface area (Å²) in [6, 6.07) is 0. The number of rotatable bonds is 8. The van der Waals surface area contributed by atoms with E-state index >= 15 is 0 Å². The third kappa shape index (κ3) is 4.57. The van der Waals surface area contributed by atoms with Crippen LogP contribution in [-0.4, -0.2) is 53.6 Å². The van der Waals surface area contributed by atoms with Crippen molar-refractivity contribution in [1.29, 1.82) is 0 Å². The van der Waals surface area contributed by atoms with Gasteiger partial charge < -0.3 is 14.7 Å². The molecule has 1 heterocycles. The number of ether oxygens (including phenoxy) is 1. The molecule has 1 N–H and O–H groups in total. The maximum Gasteiger partial charge on any atom is 0.120 e. The molecule has 18 heavy (non-hydrogen) atoms. The van der Waals surface area contributed by atoms with Crippen molar-refractivity contribution in [2.24, 2.45) is 0 Å². The SMILES string of the molecule is CCCOCC(O)c1c(Cl)cnn1CCN(C)C. The highest BCUT2D eigenvalue weighted by atomic mass is 35.5. The van der Waals surface area contributed by atoms with E-state index < -0.39 is 6.10 Å². The summed E-state index contributed by atoms with van der Waals surface area (Å²) in [5, 5.41) is 14.7. The summed E-state index contributed by atoms with van der Waals surface area (Å²) in [6.45, 7) is 4.45. The third-order valence-corrected chi connectivity index (χ3v) is 2.82. The number of aromatic nitrogens is 2. The highest BCUT2D eigenvalue weighted by Gasteiger charge is 2.18. The lowest BCUT2D eigenvalue weighted by Gasteiger charge is -2.16. The van der Waals surface area contributed by atoms with Crippen molar-refractivity contribution in [2.75, 3.05) is 33.9 Å². The molecule has 0 spiro atoms. The number of likely N-dealkylation sites (N-methyl/N-ethyl adjacent to an activating group) is 1. The molecular weight excluding hydrogens is 254 g/mol. The van der Waals surface area contributed by atoms with Crippen molar-refractivity contribution in [2.45, 2.75) is 26.0 Å². The lowest BCUT2D eigenvalue weighted by Crippen LogP contribution is -2.22. The Labute approximate surface area is 113 Å². The average Bonchev–Trinajstić information content (AvgIpc) is 2.68. The first-order valence-corrected chi connectivity index (χ1v) is 6.55. The smallest absolute Gasteiger partial charge is 0.120 e. The van der Waals surface area contributed by atoms with Crippen molar-refractivity contribution < 1.29 is 9.84 Å². The van der Waals surface area contributed by atoms with Crippen molar-refractivity contribution in [1.82, 2.24) is 14.7 Å². The number of hydrogen-bond acceptors (Lipinski definition) is 4. The fraction of sp³-hybridized carbons (Fsp3) is 0.750. The molecule has 0 saturated heterocycles. The summed E-state index contributed by atoms with van der Waals surface area (Å²) >= 11 is 6.06. The van der Waals surface area contributed by atoms with Gasteiger partial charge in [-0.15, -0.1) is 0 Å². The first-order chi connectivity index (χ1) is 8.56. The van der Waals surface area contributed by atoms with Gasteiger partial charge in [-0.25, -0.2) is 0 Å². The van der Waals surface area contributed by atoms with Crippen molar-refractivity contribution in [3.63, 3.8) is 0 Å². The molecule has 0 radical (unpaired) electrons. The highest BCUT2D eigenvalue weighted by Crippen LogP contribution is 2.23. The van der Waals surface area contributed by atoms with Gasteiger partial charge in [0.25, 0.3) is 0 Å². The largest absolute Gasteiger partial charge is 0.384 e. The Kier molecular flexibility index (Phi) is 6.63. The molecule has 0 aliphatic heterocycles. The molecular formula is C12H22ClN3O2. The van der Waals surface area contributed by atoms with Gasteiger partial charge >= 0.3 is 0 Å². The zero-order valence-electron chi connectivity index (χ0n) is 11.3. The van der Waals surface area contributed by atoms with E-state index in [1.54, 1.807) is 10.9 Å². The van der Waals surface area contributed by atoms with Crippen LogP contribution in [0.3, 0.4) is 0 Å². The second-order valence-electron chi connectivity index (χ2n) is 4.49. The molecule has 0 fully saturated rings. The maximum atomic E-state index is 10.1. The molecule has 0 aliphatic carbocycles. The molecule has 1 aromatic rings. The highest BCUT2D eigenvalue weighted by molar-refractivity contribution is 6.31. The molecule has 6 heteroatoms. The summed E-state index contributed by atoms with van der Waals surface area (Å²) in [5.74, 6) is 0. The molecule has 1 unspecified atom stereocenters. The van der Waals surface area contributed by atoms with Crippen LogP contribution in [0.5, 0.6) is 0 Å². The minimum absolute atomic E-state index is 0.251. The molecule has 0 bridgehead atoms. The van der Waals surface area contributed by atoms with E-state index in [0.29, 0.717) is 23.9 Å². The van der Waals surface area contributed by atoms with Crippen molar-refractivity contribution in [3.8, 4) is 0 Å². The molecule has 5 nitrogen and oxygen atoms in total. The van der Waals surface area contributed by atoms with E-state index in [1.165, 1.54) is 0 Å². The number of nitrogens with zero attached hydrogens (tertiary/aromatic N) is 3. The Balaban J connectivity index is 2.64. The molecule has 1 atom stereocenters. The lowest BCUT2D eigenvalue weighted by molar-refractivity contribution is 0.0317. The predicted molar refractivity (Wildman–Crippen MR) is 71.9 cm³/mol. The van der Waals surface area contributed by atoms with E-state index in [1.807, 2.05) is 21.0 Å². The van der Waals surface area contributed by atoms with Crippen LogP contribution in [0.4, 0.5) is 0 Å².